The number of fused-ring (bicyclic) bond motifs is 2. The number of azo groups is 1. The van der Waals surface area contributed by atoms with Crippen molar-refractivity contribution >= 4 is 90.9 Å². The lowest BCUT2D eigenvalue weighted by Gasteiger charge is -2.25. The molecule has 5 rings (SSSR count). The molecular weight excluding hydrogens is 742 g/mol. The van der Waals surface area contributed by atoms with Crippen LogP contribution in [0.5, 0.6) is 5.75 Å². The molecule has 0 atom stereocenters. The number of phenolic OH excluding ortho intramolecular Hbond substituents is 1. The first-order valence-electron chi connectivity index (χ1n) is 15.5. The molecule has 0 unspecified atom stereocenters. The van der Waals surface area contributed by atoms with E-state index >= 15 is 0 Å². The van der Waals surface area contributed by atoms with Crippen LogP contribution in [0, 0.1) is 0 Å². The summed E-state index contributed by atoms with van der Waals surface area (Å²) in [6, 6.07) is 15.0. The van der Waals surface area contributed by atoms with Crippen LogP contribution in [-0.4, -0.2) is 74.3 Å². The van der Waals surface area contributed by atoms with Crippen LogP contribution in [0.15, 0.2) is 80.7 Å². The van der Waals surface area contributed by atoms with Crippen molar-refractivity contribution in [2.75, 3.05) is 30.4 Å². The molecule has 51 heavy (non-hydrogen) atoms. The van der Waals surface area contributed by atoms with Crippen LogP contribution in [0.3, 0.4) is 0 Å². The van der Waals surface area contributed by atoms with Crippen LogP contribution in [0.1, 0.15) is 20.3 Å². The van der Waals surface area contributed by atoms with E-state index in [1.807, 2.05) is 20.4 Å². The molecular formula is C31H34ClN7O9S2Si. The summed E-state index contributed by atoms with van der Waals surface area (Å²) in [6.07, 6.45) is 0.673. The Labute approximate surface area is 299 Å². The fraction of sp³-hybridized carbons (Fsp3) is 0.258. The molecule has 270 valence electrons. The lowest BCUT2D eigenvalue weighted by molar-refractivity contribution is 0.188. The van der Waals surface area contributed by atoms with Crippen molar-refractivity contribution in [3.63, 3.8) is 0 Å². The van der Waals surface area contributed by atoms with Gasteiger partial charge in [0.05, 0.1) is 10.6 Å². The Hall–Kier alpha value is -4.34. The van der Waals surface area contributed by atoms with E-state index in [-0.39, 0.29) is 50.4 Å². The van der Waals surface area contributed by atoms with Crippen molar-refractivity contribution in [1.82, 2.24) is 15.0 Å². The zero-order chi connectivity index (χ0) is 37.0. The number of rotatable bonds is 15. The molecule has 1 aromatic heterocycles. The summed E-state index contributed by atoms with van der Waals surface area (Å²) in [5.74, 6) is -0.522. The molecule has 0 saturated carbocycles. The van der Waals surface area contributed by atoms with Crippen LogP contribution in [-0.2, 0) is 29.1 Å². The van der Waals surface area contributed by atoms with Crippen molar-refractivity contribution in [1.29, 1.82) is 0 Å². The highest BCUT2D eigenvalue weighted by Gasteiger charge is 2.30. The van der Waals surface area contributed by atoms with E-state index in [9.17, 15) is 31.0 Å². The molecule has 0 amide bonds. The molecule has 0 aliphatic rings. The van der Waals surface area contributed by atoms with Gasteiger partial charge in [-0.05, 0) is 79.5 Å². The van der Waals surface area contributed by atoms with Crippen molar-refractivity contribution in [3.05, 3.63) is 65.9 Å². The minimum Gasteiger partial charge on any atom is -0.505 e. The van der Waals surface area contributed by atoms with Crippen LogP contribution in [0.4, 0.5) is 29.0 Å². The fourth-order valence-electron chi connectivity index (χ4n) is 5.44. The Bertz CT molecular complexity index is 2340. The molecule has 0 aliphatic heterocycles. The van der Waals surface area contributed by atoms with E-state index in [0.29, 0.717) is 37.6 Å². The zero-order valence-electron chi connectivity index (χ0n) is 27.5. The Kier molecular flexibility index (Phi) is 11.5. The SMILES string of the molecule is CCO[Si](C)(CCCNc1nc(Cl)nc(Nc2cc(S(=O)(=O)O)cc3ccc(N=Nc4ccc5ccccc5c4S(=O)(=O)O)c(O)c23)n1)OCC. The highest BCUT2D eigenvalue weighted by molar-refractivity contribution is 7.86. The fourth-order valence-corrected chi connectivity index (χ4v) is 9.39. The van der Waals surface area contributed by atoms with Crippen molar-refractivity contribution in [3.8, 4) is 5.75 Å². The number of aromatic hydroxyl groups is 1. The largest absolute Gasteiger partial charge is 0.505 e. The van der Waals surface area contributed by atoms with Gasteiger partial charge in [0, 0.05) is 30.5 Å². The van der Waals surface area contributed by atoms with Gasteiger partial charge in [-0.3, -0.25) is 9.11 Å². The minimum absolute atomic E-state index is 0.0227. The van der Waals surface area contributed by atoms with Gasteiger partial charge < -0.3 is 24.6 Å². The Morgan fingerprint density at radius 2 is 1.49 bits per heavy atom. The Morgan fingerprint density at radius 3 is 2.18 bits per heavy atom. The topological polar surface area (TPSA) is 235 Å². The molecule has 1 heterocycles. The van der Waals surface area contributed by atoms with Gasteiger partial charge in [0.25, 0.3) is 20.2 Å². The maximum Gasteiger partial charge on any atom is 0.334 e. The van der Waals surface area contributed by atoms with E-state index in [1.54, 1.807) is 24.3 Å². The average Bonchev–Trinajstić information content (AvgIpc) is 3.05. The summed E-state index contributed by atoms with van der Waals surface area (Å²) >= 11 is 6.19. The summed E-state index contributed by atoms with van der Waals surface area (Å²) in [7, 11) is -11.8. The molecule has 5 N–H and O–H groups in total. The predicted octanol–water partition coefficient (Wildman–Crippen LogP) is 7.14. The van der Waals surface area contributed by atoms with E-state index in [2.05, 4.69) is 35.8 Å². The van der Waals surface area contributed by atoms with Crippen LogP contribution in [0.25, 0.3) is 21.5 Å². The summed E-state index contributed by atoms with van der Waals surface area (Å²) in [5, 5.41) is 26.1. The zero-order valence-corrected chi connectivity index (χ0v) is 30.9. The molecule has 0 aliphatic carbocycles. The van der Waals surface area contributed by atoms with Gasteiger partial charge in [-0.15, -0.1) is 10.2 Å². The maximum absolute atomic E-state index is 12.3. The summed E-state index contributed by atoms with van der Waals surface area (Å²) in [6.45, 7) is 7.35. The minimum atomic E-state index is -4.75. The molecule has 4 aromatic carbocycles. The maximum atomic E-state index is 12.3. The second kappa shape index (κ2) is 15.5. The quantitative estimate of drug-likeness (QED) is 0.0308. The highest BCUT2D eigenvalue weighted by atomic mass is 35.5. The highest BCUT2D eigenvalue weighted by Crippen LogP contribution is 2.42. The number of phenols is 1. The van der Waals surface area contributed by atoms with Crippen LogP contribution >= 0.6 is 11.6 Å². The number of halogens is 1. The first-order valence-corrected chi connectivity index (χ1v) is 21.3. The molecule has 0 radical (unpaired) electrons. The average molecular weight is 776 g/mol. The number of benzene rings is 4. The van der Waals surface area contributed by atoms with Gasteiger partial charge in [-0.25, -0.2) is 0 Å². The number of anilines is 3. The van der Waals surface area contributed by atoms with Crippen molar-refractivity contribution in [2.24, 2.45) is 10.2 Å². The second-order valence-corrected chi connectivity index (χ2v) is 17.7. The molecule has 0 bridgehead atoms. The van der Waals surface area contributed by atoms with Crippen molar-refractivity contribution < 1.29 is 39.9 Å². The third kappa shape index (κ3) is 9.12. The predicted molar refractivity (Wildman–Crippen MR) is 194 cm³/mol. The Balaban J connectivity index is 1.50. The smallest absolute Gasteiger partial charge is 0.334 e. The van der Waals surface area contributed by atoms with Gasteiger partial charge in [-0.1, -0.05) is 36.4 Å². The molecule has 5 aromatic rings. The molecule has 16 nitrogen and oxygen atoms in total. The molecule has 0 fully saturated rings. The molecule has 20 heteroatoms. The number of hydrogen-bond acceptors (Lipinski definition) is 14. The third-order valence-electron chi connectivity index (χ3n) is 7.57. The molecule has 0 saturated heterocycles. The third-order valence-corrected chi connectivity index (χ3v) is 12.6. The van der Waals surface area contributed by atoms with E-state index in [1.165, 1.54) is 24.3 Å². The summed E-state index contributed by atoms with van der Waals surface area (Å²) in [5.41, 5.74) is -0.411. The van der Waals surface area contributed by atoms with Crippen LogP contribution in [0.2, 0.25) is 17.9 Å². The number of aromatic nitrogens is 3. The first-order chi connectivity index (χ1) is 24.1. The van der Waals surface area contributed by atoms with Gasteiger partial charge in [0.15, 0.2) is 5.75 Å². The number of nitrogens with zero attached hydrogens (tertiary/aromatic N) is 5. The lowest BCUT2D eigenvalue weighted by Crippen LogP contribution is -2.39. The van der Waals surface area contributed by atoms with E-state index in [0.717, 1.165) is 12.1 Å². The van der Waals surface area contributed by atoms with Gasteiger partial charge in [-0.2, -0.15) is 31.8 Å². The second-order valence-electron chi connectivity index (χ2n) is 11.2. The summed E-state index contributed by atoms with van der Waals surface area (Å²) in [4.78, 5) is 11.5. The number of nitrogens with one attached hydrogen (secondary N) is 2. The first kappa shape index (κ1) is 37.9. The van der Waals surface area contributed by atoms with Crippen molar-refractivity contribution in [2.45, 2.75) is 42.7 Å². The Morgan fingerprint density at radius 1 is 0.843 bits per heavy atom. The standard InChI is InChI=1S/C31H34ClN7O9S2Si/c1-4-47-51(3,48-5-2)16-8-15-33-30-35-29(32)36-31(37-30)34-25-18-21(49(41,42)43)17-20-12-13-23(27(40)26(20)25)38-39-24-14-11-19-9-6-7-10-22(19)28(24)50(44,45)46/h6-7,9-14,17-18,40H,4-5,8,15-16H2,1-3H3,(H,41,42,43)(H,44,45,46)(H2,33,34,35,36,37). The van der Waals surface area contributed by atoms with Gasteiger partial charge in [0.2, 0.25) is 17.2 Å². The van der Waals surface area contributed by atoms with Gasteiger partial charge >= 0.3 is 8.56 Å². The lowest BCUT2D eigenvalue weighted by atomic mass is 10.1. The molecule has 0 spiro atoms. The number of hydrogen-bond donors (Lipinski definition) is 5. The van der Waals surface area contributed by atoms with Crippen LogP contribution < -0.4 is 10.6 Å². The normalized spacial score (nSPS) is 12.6. The van der Waals surface area contributed by atoms with E-state index in [4.69, 9.17) is 20.5 Å². The monoisotopic (exact) mass is 775 g/mol. The summed E-state index contributed by atoms with van der Waals surface area (Å²) < 4.78 is 80.7. The van der Waals surface area contributed by atoms with E-state index < -0.39 is 44.3 Å². The van der Waals surface area contributed by atoms with Gasteiger partial charge in [0.1, 0.15) is 16.3 Å².